The first-order valence-corrected chi connectivity index (χ1v) is 18.3. The van der Waals surface area contributed by atoms with E-state index in [1.54, 1.807) is 0 Å². The van der Waals surface area contributed by atoms with Crippen LogP contribution in [0.2, 0.25) is 0 Å². The predicted octanol–water partition coefficient (Wildman–Crippen LogP) is 12.3. The molecule has 0 N–H and O–H groups in total. The Labute approximate surface area is 302 Å². The molecule has 0 bridgehead atoms. The number of nitrogens with zero attached hydrogens (tertiary/aromatic N) is 4. The number of aryl methyl sites for hydroxylation is 1. The Morgan fingerprint density at radius 2 is 1.23 bits per heavy atom. The van der Waals surface area contributed by atoms with Gasteiger partial charge in [0.15, 0.2) is 23.1 Å². The number of thiophene rings is 1. The first-order chi connectivity index (χ1) is 25.7. The minimum absolute atomic E-state index is 0.632. The number of aromatic nitrogens is 4. The lowest BCUT2D eigenvalue weighted by atomic mass is 10.0. The van der Waals surface area contributed by atoms with E-state index in [0.717, 1.165) is 79.0 Å². The summed E-state index contributed by atoms with van der Waals surface area (Å²) >= 11 is 1.86. The Morgan fingerprint density at radius 3 is 2.12 bits per heavy atom. The second-order valence-corrected chi connectivity index (χ2v) is 14.4. The zero-order chi connectivity index (χ0) is 34.2. The molecular weight excluding hydrogens is 657 g/mol. The van der Waals surface area contributed by atoms with Crippen LogP contribution in [-0.4, -0.2) is 19.9 Å². The van der Waals surface area contributed by atoms with Crippen molar-refractivity contribution in [2.24, 2.45) is 0 Å². The summed E-state index contributed by atoms with van der Waals surface area (Å²) in [6.07, 6.45) is 6.69. The van der Waals surface area contributed by atoms with Crippen molar-refractivity contribution < 1.29 is 4.42 Å². The molecule has 10 aromatic rings. The van der Waals surface area contributed by atoms with E-state index in [1.165, 1.54) is 25.9 Å². The molecule has 0 saturated heterocycles. The fourth-order valence-corrected chi connectivity index (χ4v) is 8.92. The van der Waals surface area contributed by atoms with Crippen LogP contribution in [0.15, 0.2) is 144 Å². The highest BCUT2D eigenvalue weighted by atomic mass is 32.1. The maximum atomic E-state index is 6.32. The smallest absolute Gasteiger partial charge is 0.165 e. The van der Waals surface area contributed by atoms with E-state index in [2.05, 4.69) is 127 Å². The average Bonchev–Trinajstić information content (AvgIpc) is 3.79. The molecule has 4 aromatic heterocycles. The van der Waals surface area contributed by atoms with Gasteiger partial charge in [0.05, 0.1) is 5.69 Å². The van der Waals surface area contributed by atoms with Crippen molar-refractivity contribution in [3.8, 4) is 45.4 Å². The van der Waals surface area contributed by atoms with Gasteiger partial charge in [0.25, 0.3) is 0 Å². The average molecular weight is 685 g/mol. The minimum atomic E-state index is 0.632. The highest BCUT2D eigenvalue weighted by Gasteiger charge is 2.20. The van der Waals surface area contributed by atoms with Crippen molar-refractivity contribution in [3.05, 3.63) is 150 Å². The Kier molecular flexibility index (Phi) is 6.48. The van der Waals surface area contributed by atoms with Crippen molar-refractivity contribution in [3.63, 3.8) is 0 Å². The maximum Gasteiger partial charge on any atom is 0.165 e. The van der Waals surface area contributed by atoms with Crippen molar-refractivity contribution in [1.29, 1.82) is 0 Å². The lowest BCUT2D eigenvalue weighted by Gasteiger charge is -2.11. The van der Waals surface area contributed by atoms with E-state index >= 15 is 0 Å². The molecule has 1 aliphatic rings. The highest BCUT2D eigenvalue weighted by molar-refractivity contribution is 7.20. The van der Waals surface area contributed by atoms with E-state index in [4.69, 9.17) is 24.4 Å². The molecule has 0 amide bonds. The number of furan rings is 1. The van der Waals surface area contributed by atoms with Gasteiger partial charge in [0.1, 0.15) is 11.1 Å². The van der Waals surface area contributed by atoms with Crippen molar-refractivity contribution in [2.75, 3.05) is 0 Å². The molecule has 0 aliphatic heterocycles. The predicted molar refractivity (Wildman–Crippen MR) is 214 cm³/mol. The fourth-order valence-electron chi connectivity index (χ4n) is 7.61. The quantitative estimate of drug-likeness (QED) is 0.185. The summed E-state index contributed by atoms with van der Waals surface area (Å²) in [5, 5.41) is 6.69. The molecule has 0 spiro atoms. The van der Waals surface area contributed by atoms with Crippen LogP contribution in [0.5, 0.6) is 0 Å². The molecular formula is C46H28N4OS. The topological polar surface area (TPSA) is 64.7 Å². The number of pyridine rings is 1. The number of fused-ring (bicyclic) bond motifs is 9. The van der Waals surface area contributed by atoms with Crippen LogP contribution >= 0.6 is 11.3 Å². The lowest BCUT2D eigenvalue weighted by molar-refractivity contribution is 0.672. The molecule has 0 radical (unpaired) electrons. The molecule has 0 atom stereocenters. The van der Waals surface area contributed by atoms with Gasteiger partial charge in [0.2, 0.25) is 0 Å². The first kappa shape index (κ1) is 29.3. The molecule has 244 valence electrons. The number of para-hydroxylation sites is 1. The molecule has 0 fully saturated rings. The van der Waals surface area contributed by atoms with Gasteiger partial charge in [-0.1, -0.05) is 121 Å². The molecule has 0 unspecified atom stereocenters. The summed E-state index contributed by atoms with van der Waals surface area (Å²) < 4.78 is 7.53. The van der Waals surface area contributed by atoms with Crippen molar-refractivity contribution >= 4 is 71.1 Å². The summed E-state index contributed by atoms with van der Waals surface area (Å²) in [5.74, 6) is 1.96. The largest absolute Gasteiger partial charge is 0.454 e. The van der Waals surface area contributed by atoms with Crippen LogP contribution in [0.3, 0.4) is 0 Å². The van der Waals surface area contributed by atoms with Crippen molar-refractivity contribution in [2.45, 2.75) is 12.8 Å². The van der Waals surface area contributed by atoms with Crippen LogP contribution in [-0.2, 0) is 6.42 Å². The van der Waals surface area contributed by atoms with E-state index < -0.39 is 0 Å². The zero-order valence-corrected chi connectivity index (χ0v) is 28.7. The fraction of sp³-hybridized carbons (Fsp3) is 0.0435. The van der Waals surface area contributed by atoms with Gasteiger partial charge in [-0.05, 0) is 53.4 Å². The number of hydrogen-bond acceptors (Lipinski definition) is 6. The molecule has 11 rings (SSSR count). The van der Waals surface area contributed by atoms with Gasteiger partial charge in [0, 0.05) is 53.4 Å². The number of rotatable bonds is 4. The molecule has 6 heteroatoms. The van der Waals surface area contributed by atoms with Crippen LogP contribution in [0.25, 0.3) is 105 Å². The molecule has 0 saturated carbocycles. The van der Waals surface area contributed by atoms with E-state index in [1.807, 2.05) is 29.5 Å². The number of benzene rings is 6. The summed E-state index contributed by atoms with van der Waals surface area (Å²) in [6.45, 7) is 0. The van der Waals surface area contributed by atoms with Gasteiger partial charge >= 0.3 is 0 Å². The summed E-state index contributed by atoms with van der Waals surface area (Å²) in [5.41, 5.74) is 8.68. The third kappa shape index (κ3) is 4.61. The molecule has 6 aromatic carbocycles. The van der Waals surface area contributed by atoms with Gasteiger partial charge < -0.3 is 4.42 Å². The second kappa shape index (κ2) is 11.5. The summed E-state index contributed by atoms with van der Waals surface area (Å²) in [6, 6.07) is 46.2. The van der Waals surface area contributed by atoms with Gasteiger partial charge in [-0.15, -0.1) is 11.3 Å². The standard InChI is InChI=1S/C46H28N4OS/c1-2-11-30-26-31(25-20-27(30)10-1)45-48-44(49-46(50-45)37-17-9-16-35-32-12-6-8-19-39(32)52-43(35)37)29-23-21-28(22-24-29)40-33-13-3-4-14-34(33)42-41(47-40)36-15-5-7-18-38(36)51-42/h1-7,9-18,20-26H,8,19H2. The van der Waals surface area contributed by atoms with Gasteiger partial charge in [-0.2, -0.15) is 0 Å². The molecule has 52 heavy (non-hydrogen) atoms. The Bertz CT molecular complexity index is 3080. The first-order valence-electron chi connectivity index (χ1n) is 17.5. The monoisotopic (exact) mass is 684 g/mol. The van der Waals surface area contributed by atoms with Crippen LogP contribution in [0, 0.1) is 0 Å². The number of allylic oxidation sites excluding steroid dienone is 1. The molecule has 1 aliphatic carbocycles. The van der Waals surface area contributed by atoms with Crippen LogP contribution in [0.4, 0.5) is 0 Å². The third-order valence-electron chi connectivity index (χ3n) is 10.2. The van der Waals surface area contributed by atoms with E-state index in [9.17, 15) is 0 Å². The molecule has 5 nitrogen and oxygen atoms in total. The Morgan fingerprint density at radius 1 is 0.538 bits per heavy atom. The van der Waals surface area contributed by atoms with Crippen LogP contribution in [0.1, 0.15) is 16.9 Å². The Balaban J connectivity index is 1.08. The maximum absolute atomic E-state index is 6.32. The second-order valence-electron chi connectivity index (χ2n) is 13.3. The minimum Gasteiger partial charge on any atom is -0.454 e. The van der Waals surface area contributed by atoms with Gasteiger partial charge in [-0.3, -0.25) is 0 Å². The van der Waals surface area contributed by atoms with Gasteiger partial charge in [-0.25, -0.2) is 19.9 Å². The Hall–Kier alpha value is -6.50. The molecule has 4 heterocycles. The summed E-state index contributed by atoms with van der Waals surface area (Å²) in [4.78, 5) is 22.1. The number of hydrogen-bond donors (Lipinski definition) is 0. The normalized spacial score (nSPS) is 12.8. The third-order valence-corrected chi connectivity index (χ3v) is 11.5. The lowest BCUT2D eigenvalue weighted by Crippen LogP contribution is -2.00. The summed E-state index contributed by atoms with van der Waals surface area (Å²) in [7, 11) is 0. The zero-order valence-electron chi connectivity index (χ0n) is 27.9. The highest BCUT2D eigenvalue weighted by Crippen LogP contribution is 2.41. The van der Waals surface area contributed by atoms with Crippen LogP contribution < -0.4 is 0 Å². The van der Waals surface area contributed by atoms with E-state index in [0.29, 0.717) is 17.5 Å². The van der Waals surface area contributed by atoms with Crippen molar-refractivity contribution in [1.82, 2.24) is 19.9 Å². The van der Waals surface area contributed by atoms with E-state index in [-0.39, 0.29) is 0 Å². The SMILES string of the molecule is C1=Cc2c(sc3c(-c4nc(-c5ccc(-c6nc7c8ccccc8oc7c7ccccc67)cc5)nc(-c5ccc6ccccc6c5)n4)cccc23)CC1.